The van der Waals surface area contributed by atoms with E-state index in [4.69, 9.17) is 0 Å². The van der Waals surface area contributed by atoms with Crippen LogP contribution in [0.25, 0.3) is 0 Å². The number of likely N-dealkylation sites (tertiary alicyclic amines) is 1. The van der Waals surface area contributed by atoms with E-state index in [1.165, 1.54) is 0 Å². The van der Waals surface area contributed by atoms with Crippen molar-refractivity contribution in [2.45, 2.75) is 37.1 Å². The van der Waals surface area contributed by atoms with Gasteiger partial charge in [0.15, 0.2) is 0 Å². The van der Waals surface area contributed by atoms with Crippen molar-refractivity contribution >= 4 is 40.9 Å². The molecular weight excluding hydrogens is 410 g/mol. The number of anilines is 2. The summed E-state index contributed by atoms with van der Waals surface area (Å²) < 4.78 is 0. The summed E-state index contributed by atoms with van der Waals surface area (Å²) in [6, 6.07) is 15.4. The van der Waals surface area contributed by atoms with Crippen LogP contribution in [0.3, 0.4) is 0 Å². The van der Waals surface area contributed by atoms with E-state index < -0.39 is 0 Å². The molecule has 2 aromatic carbocycles. The Morgan fingerprint density at radius 1 is 1.10 bits per heavy atom. The number of hydrogen-bond acceptors (Lipinski definition) is 4. The molecule has 7 heteroatoms. The number of rotatable bonds is 6. The van der Waals surface area contributed by atoms with Crippen LogP contribution in [0.1, 0.15) is 31.2 Å². The minimum Gasteiger partial charge on any atom is -0.338 e. The predicted octanol–water partition coefficient (Wildman–Crippen LogP) is 3.91. The van der Waals surface area contributed by atoms with Crippen LogP contribution in [0.5, 0.6) is 0 Å². The van der Waals surface area contributed by atoms with Crippen LogP contribution in [0.4, 0.5) is 11.4 Å². The average Bonchev–Trinajstić information content (AvgIpc) is 3.17. The normalized spacial score (nSPS) is 19.1. The zero-order chi connectivity index (χ0) is 21.8. The second-order valence-corrected chi connectivity index (χ2v) is 8.95. The summed E-state index contributed by atoms with van der Waals surface area (Å²) in [5.74, 6) is -0.381. The maximum Gasteiger partial charge on any atom is 0.229 e. The number of carbonyl (C=O) groups excluding carboxylic acids is 3. The summed E-state index contributed by atoms with van der Waals surface area (Å²) in [7, 11) is 0. The van der Waals surface area contributed by atoms with Crippen molar-refractivity contribution < 1.29 is 14.4 Å². The van der Waals surface area contributed by atoms with E-state index in [9.17, 15) is 14.4 Å². The average molecular weight is 438 g/mol. The molecule has 1 unspecified atom stereocenters. The SMILES string of the molecule is CSc1ccc(N2CC(C(=O)Nc3cccc(CN4CCCCC4=O)c3)CC2=O)cc1. The molecule has 0 bridgehead atoms. The lowest BCUT2D eigenvalue weighted by atomic mass is 10.1. The highest BCUT2D eigenvalue weighted by molar-refractivity contribution is 7.98. The van der Waals surface area contributed by atoms with Gasteiger partial charge in [0, 0.05) is 48.7 Å². The number of nitrogens with zero attached hydrogens (tertiary/aromatic N) is 2. The molecule has 1 N–H and O–H groups in total. The van der Waals surface area contributed by atoms with Gasteiger partial charge in [-0.05, 0) is 61.1 Å². The number of carbonyl (C=O) groups is 3. The summed E-state index contributed by atoms with van der Waals surface area (Å²) in [6.45, 7) is 1.73. The number of piperidine rings is 1. The number of nitrogens with one attached hydrogen (secondary N) is 1. The predicted molar refractivity (Wildman–Crippen MR) is 123 cm³/mol. The Labute approximate surface area is 187 Å². The molecule has 1 atom stereocenters. The highest BCUT2D eigenvalue weighted by atomic mass is 32.2. The molecule has 0 saturated carbocycles. The first-order valence-corrected chi connectivity index (χ1v) is 11.9. The van der Waals surface area contributed by atoms with Crippen molar-refractivity contribution in [2.75, 3.05) is 29.6 Å². The van der Waals surface area contributed by atoms with Crippen molar-refractivity contribution in [1.82, 2.24) is 4.90 Å². The van der Waals surface area contributed by atoms with Crippen LogP contribution in [0.15, 0.2) is 53.4 Å². The molecule has 0 aliphatic carbocycles. The molecule has 2 heterocycles. The summed E-state index contributed by atoms with van der Waals surface area (Å²) in [5, 5.41) is 2.96. The molecule has 3 amide bonds. The molecule has 0 spiro atoms. The zero-order valence-corrected chi connectivity index (χ0v) is 18.5. The maximum absolute atomic E-state index is 12.8. The Hall–Kier alpha value is -2.80. The van der Waals surface area contributed by atoms with Crippen LogP contribution in [0.2, 0.25) is 0 Å². The lowest BCUT2D eigenvalue weighted by molar-refractivity contribution is -0.133. The van der Waals surface area contributed by atoms with Gasteiger partial charge in [-0.2, -0.15) is 0 Å². The fraction of sp³-hybridized carbons (Fsp3) is 0.375. The van der Waals surface area contributed by atoms with Gasteiger partial charge in [0.1, 0.15) is 0 Å². The first-order chi connectivity index (χ1) is 15.0. The Morgan fingerprint density at radius 2 is 1.90 bits per heavy atom. The van der Waals surface area contributed by atoms with E-state index in [1.807, 2.05) is 59.7 Å². The minimum atomic E-state index is -0.389. The van der Waals surface area contributed by atoms with Gasteiger partial charge < -0.3 is 15.1 Å². The Bertz CT molecular complexity index is 976. The van der Waals surface area contributed by atoms with E-state index in [2.05, 4.69) is 5.32 Å². The van der Waals surface area contributed by atoms with E-state index in [0.717, 1.165) is 35.5 Å². The summed E-state index contributed by atoms with van der Waals surface area (Å²) >= 11 is 1.65. The quantitative estimate of drug-likeness (QED) is 0.696. The fourth-order valence-corrected chi connectivity index (χ4v) is 4.54. The van der Waals surface area contributed by atoms with E-state index >= 15 is 0 Å². The van der Waals surface area contributed by atoms with Crippen LogP contribution in [-0.2, 0) is 20.9 Å². The summed E-state index contributed by atoms with van der Waals surface area (Å²) in [6.07, 6.45) is 4.83. The van der Waals surface area contributed by atoms with Gasteiger partial charge in [0.05, 0.1) is 5.92 Å². The number of thioether (sulfide) groups is 1. The monoisotopic (exact) mass is 437 g/mol. The van der Waals surface area contributed by atoms with Crippen LogP contribution >= 0.6 is 11.8 Å². The molecule has 0 radical (unpaired) electrons. The second-order valence-electron chi connectivity index (χ2n) is 8.07. The van der Waals surface area contributed by atoms with Gasteiger partial charge in [-0.3, -0.25) is 14.4 Å². The second kappa shape index (κ2) is 9.56. The topological polar surface area (TPSA) is 69.7 Å². The number of amides is 3. The smallest absolute Gasteiger partial charge is 0.229 e. The molecule has 31 heavy (non-hydrogen) atoms. The Kier molecular flexibility index (Phi) is 6.61. The standard InChI is InChI=1S/C24H27N3O3S/c1-31-21-10-8-20(9-11-21)27-16-18(14-23(27)29)24(30)25-19-6-4-5-17(13-19)15-26-12-3-2-7-22(26)28/h4-6,8-11,13,18H,2-3,7,12,14-16H2,1H3,(H,25,30). The van der Waals surface area contributed by atoms with Crippen molar-refractivity contribution in [3.63, 3.8) is 0 Å². The molecule has 162 valence electrons. The molecular formula is C24H27N3O3S. The van der Waals surface area contributed by atoms with Gasteiger partial charge >= 0.3 is 0 Å². The third-order valence-corrected chi connectivity index (χ3v) is 6.61. The van der Waals surface area contributed by atoms with Crippen molar-refractivity contribution in [3.05, 3.63) is 54.1 Å². The van der Waals surface area contributed by atoms with Gasteiger partial charge in [-0.15, -0.1) is 11.8 Å². The Balaban J connectivity index is 1.38. The summed E-state index contributed by atoms with van der Waals surface area (Å²) in [5.41, 5.74) is 2.51. The lowest BCUT2D eigenvalue weighted by Gasteiger charge is -2.27. The van der Waals surface area contributed by atoms with Crippen molar-refractivity contribution in [3.8, 4) is 0 Å². The summed E-state index contributed by atoms with van der Waals surface area (Å²) in [4.78, 5) is 42.1. The zero-order valence-electron chi connectivity index (χ0n) is 17.7. The lowest BCUT2D eigenvalue weighted by Crippen LogP contribution is -2.34. The largest absolute Gasteiger partial charge is 0.338 e. The molecule has 0 aromatic heterocycles. The first-order valence-electron chi connectivity index (χ1n) is 10.7. The van der Waals surface area contributed by atoms with E-state index in [1.54, 1.807) is 16.7 Å². The minimum absolute atomic E-state index is 0.0330. The number of hydrogen-bond donors (Lipinski definition) is 1. The van der Waals surface area contributed by atoms with E-state index in [0.29, 0.717) is 25.2 Å². The molecule has 2 aliphatic heterocycles. The molecule has 6 nitrogen and oxygen atoms in total. The molecule has 2 fully saturated rings. The highest BCUT2D eigenvalue weighted by Crippen LogP contribution is 2.28. The fourth-order valence-electron chi connectivity index (χ4n) is 4.14. The van der Waals surface area contributed by atoms with E-state index in [-0.39, 0.29) is 30.1 Å². The number of benzene rings is 2. The van der Waals surface area contributed by atoms with Crippen LogP contribution < -0.4 is 10.2 Å². The molecule has 2 saturated heterocycles. The van der Waals surface area contributed by atoms with Gasteiger partial charge in [0.25, 0.3) is 0 Å². The van der Waals surface area contributed by atoms with Crippen molar-refractivity contribution in [2.24, 2.45) is 5.92 Å². The van der Waals surface area contributed by atoms with Gasteiger partial charge in [0.2, 0.25) is 17.7 Å². The molecule has 4 rings (SSSR count). The maximum atomic E-state index is 12.8. The van der Waals surface area contributed by atoms with Gasteiger partial charge in [-0.25, -0.2) is 0 Å². The molecule has 2 aliphatic rings. The third-order valence-electron chi connectivity index (χ3n) is 5.87. The van der Waals surface area contributed by atoms with Gasteiger partial charge in [-0.1, -0.05) is 12.1 Å². The van der Waals surface area contributed by atoms with Crippen molar-refractivity contribution in [1.29, 1.82) is 0 Å². The molecule has 2 aromatic rings. The first kappa shape index (κ1) is 21.4. The van der Waals surface area contributed by atoms with Crippen LogP contribution in [0, 0.1) is 5.92 Å². The third kappa shape index (κ3) is 5.10. The highest BCUT2D eigenvalue weighted by Gasteiger charge is 2.35. The Morgan fingerprint density at radius 3 is 2.65 bits per heavy atom. The van der Waals surface area contributed by atoms with Crippen LogP contribution in [-0.4, -0.2) is 42.0 Å².